The molecule has 0 fully saturated rings. The maximum atomic E-state index is 12.1. The third-order valence-corrected chi connectivity index (χ3v) is 4.84. The Labute approximate surface area is 197 Å². The molecule has 0 heterocycles. The number of ether oxygens (including phenoxy) is 2. The lowest BCUT2D eigenvalue weighted by Crippen LogP contribution is -2.29. The lowest BCUT2D eigenvalue weighted by Gasteiger charge is -2.07. The molecule has 0 saturated carbocycles. The Balaban J connectivity index is 1.36. The van der Waals surface area contributed by atoms with Crippen LogP contribution in [0, 0.1) is 0 Å². The van der Waals surface area contributed by atoms with Crippen LogP contribution in [0.1, 0.15) is 27.9 Å². The van der Waals surface area contributed by atoms with Crippen LogP contribution < -0.4 is 20.2 Å². The lowest BCUT2D eigenvalue weighted by molar-refractivity contribution is -0.120. The van der Waals surface area contributed by atoms with E-state index in [1.54, 1.807) is 31.4 Å². The Morgan fingerprint density at radius 3 is 2.27 bits per heavy atom. The predicted molar refractivity (Wildman–Crippen MR) is 128 cm³/mol. The molecule has 170 valence electrons. The molecule has 3 aromatic rings. The van der Waals surface area contributed by atoms with Crippen LogP contribution in [0.25, 0.3) is 0 Å². The molecule has 0 atom stereocenters. The lowest BCUT2D eigenvalue weighted by atomic mass is 10.2. The van der Waals surface area contributed by atoms with Gasteiger partial charge >= 0.3 is 0 Å². The van der Waals surface area contributed by atoms with E-state index in [0.29, 0.717) is 22.9 Å². The molecule has 7 nitrogen and oxygen atoms in total. The normalized spacial score (nSPS) is 10.6. The maximum absolute atomic E-state index is 12.1. The molecule has 2 N–H and O–H groups in total. The number of methoxy groups -OCH3 is 1. The van der Waals surface area contributed by atoms with Crippen LogP contribution in [-0.4, -0.2) is 31.7 Å². The summed E-state index contributed by atoms with van der Waals surface area (Å²) >= 11 is 5.88. The summed E-state index contributed by atoms with van der Waals surface area (Å²) in [6.45, 7) is 0.640. The fourth-order valence-corrected chi connectivity index (χ4v) is 2.89. The second-order valence-corrected chi connectivity index (χ2v) is 7.45. The Hall–Kier alpha value is -3.84. The summed E-state index contributed by atoms with van der Waals surface area (Å²) < 4.78 is 10.8. The van der Waals surface area contributed by atoms with Crippen molar-refractivity contribution in [1.82, 2.24) is 10.7 Å². The van der Waals surface area contributed by atoms with E-state index in [1.165, 1.54) is 6.21 Å². The molecule has 33 heavy (non-hydrogen) atoms. The highest BCUT2D eigenvalue weighted by molar-refractivity contribution is 6.30. The van der Waals surface area contributed by atoms with Gasteiger partial charge in [-0.25, -0.2) is 5.43 Å². The van der Waals surface area contributed by atoms with E-state index in [2.05, 4.69) is 15.8 Å². The zero-order chi connectivity index (χ0) is 23.5. The van der Waals surface area contributed by atoms with Crippen molar-refractivity contribution in [3.63, 3.8) is 0 Å². The van der Waals surface area contributed by atoms with Gasteiger partial charge in [0.1, 0.15) is 18.1 Å². The summed E-state index contributed by atoms with van der Waals surface area (Å²) in [5.41, 5.74) is 4.77. The fraction of sp³-hybridized carbons (Fsp3) is 0.160. The van der Waals surface area contributed by atoms with Gasteiger partial charge < -0.3 is 14.8 Å². The Kier molecular flexibility index (Phi) is 8.85. The van der Waals surface area contributed by atoms with E-state index in [1.807, 2.05) is 48.5 Å². The molecular weight excluding hydrogens is 442 g/mol. The number of carbonyl (C=O) groups is 2. The van der Waals surface area contributed by atoms with E-state index in [9.17, 15) is 9.59 Å². The average Bonchev–Trinajstić information content (AvgIpc) is 2.84. The van der Waals surface area contributed by atoms with Gasteiger partial charge in [-0.15, -0.1) is 0 Å². The minimum Gasteiger partial charge on any atom is -0.497 e. The molecule has 2 amide bonds. The molecular formula is C25H24ClN3O4. The number of carbonyl (C=O) groups excluding carboxylic acids is 2. The number of hydrogen-bond donors (Lipinski definition) is 2. The number of nitrogens with one attached hydrogen (secondary N) is 2. The predicted octanol–water partition coefficient (Wildman–Crippen LogP) is 4.20. The highest BCUT2D eigenvalue weighted by Gasteiger charge is 2.06. The molecule has 0 saturated heterocycles. The van der Waals surface area contributed by atoms with Crippen LogP contribution in [0.5, 0.6) is 11.5 Å². The van der Waals surface area contributed by atoms with E-state index in [4.69, 9.17) is 21.1 Å². The molecule has 8 heteroatoms. The van der Waals surface area contributed by atoms with Gasteiger partial charge in [-0.2, -0.15) is 5.10 Å². The van der Waals surface area contributed by atoms with Crippen molar-refractivity contribution < 1.29 is 19.1 Å². The maximum Gasteiger partial charge on any atom is 0.251 e. The SMILES string of the molecule is COc1ccc(C(=O)NCCC(=O)NN=Cc2ccc(OCc3ccc(Cl)cc3)cc2)cc1. The molecule has 0 spiro atoms. The first-order chi connectivity index (χ1) is 16.0. The zero-order valence-electron chi connectivity index (χ0n) is 18.1. The molecule has 0 aliphatic rings. The highest BCUT2D eigenvalue weighted by atomic mass is 35.5. The number of hydrogen-bond acceptors (Lipinski definition) is 5. The molecule has 0 aliphatic carbocycles. The summed E-state index contributed by atoms with van der Waals surface area (Å²) in [6.07, 6.45) is 1.65. The minimum atomic E-state index is -0.302. The van der Waals surface area contributed by atoms with E-state index in [0.717, 1.165) is 16.9 Å². The van der Waals surface area contributed by atoms with E-state index < -0.39 is 0 Å². The number of benzene rings is 3. The third kappa shape index (κ3) is 7.97. The van der Waals surface area contributed by atoms with Gasteiger partial charge in [0.2, 0.25) is 5.91 Å². The summed E-state index contributed by atoms with van der Waals surface area (Å²) in [7, 11) is 1.56. The topological polar surface area (TPSA) is 89.0 Å². The average molecular weight is 466 g/mol. The molecule has 3 rings (SSSR count). The van der Waals surface area contributed by atoms with Crippen LogP contribution in [0.15, 0.2) is 77.9 Å². The van der Waals surface area contributed by atoms with Crippen LogP contribution in [0.4, 0.5) is 0 Å². The fourth-order valence-electron chi connectivity index (χ4n) is 2.77. The van der Waals surface area contributed by atoms with Crippen molar-refractivity contribution in [2.75, 3.05) is 13.7 Å². The van der Waals surface area contributed by atoms with Crippen molar-refractivity contribution >= 4 is 29.6 Å². The molecule has 0 bridgehead atoms. The number of nitrogens with zero attached hydrogens (tertiary/aromatic N) is 1. The zero-order valence-corrected chi connectivity index (χ0v) is 18.8. The number of rotatable bonds is 10. The summed E-state index contributed by atoms with van der Waals surface area (Å²) in [5.74, 6) is 0.833. The van der Waals surface area contributed by atoms with Gasteiger partial charge in [0, 0.05) is 23.6 Å². The second-order valence-electron chi connectivity index (χ2n) is 7.01. The van der Waals surface area contributed by atoms with Crippen LogP contribution in [0.3, 0.4) is 0 Å². The van der Waals surface area contributed by atoms with Gasteiger partial charge in [0.05, 0.1) is 13.3 Å². The minimum absolute atomic E-state index is 0.108. The quantitative estimate of drug-likeness (QED) is 0.347. The van der Waals surface area contributed by atoms with Crippen molar-refractivity contribution in [3.05, 3.63) is 94.5 Å². The Morgan fingerprint density at radius 2 is 1.61 bits per heavy atom. The third-order valence-electron chi connectivity index (χ3n) is 4.59. The summed E-state index contributed by atoms with van der Waals surface area (Å²) in [4.78, 5) is 24.0. The Bertz CT molecular complexity index is 1080. The second kappa shape index (κ2) is 12.3. The first kappa shape index (κ1) is 23.8. The van der Waals surface area contributed by atoms with E-state index in [-0.39, 0.29) is 24.8 Å². The van der Waals surface area contributed by atoms with Gasteiger partial charge in [-0.3, -0.25) is 9.59 Å². The molecule has 0 aliphatic heterocycles. The Morgan fingerprint density at radius 1 is 0.939 bits per heavy atom. The van der Waals surface area contributed by atoms with Crippen molar-refractivity contribution in [2.24, 2.45) is 5.10 Å². The van der Waals surface area contributed by atoms with Gasteiger partial charge in [-0.1, -0.05) is 23.7 Å². The molecule has 0 aromatic heterocycles. The number of halogens is 1. The largest absolute Gasteiger partial charge is 0.497 e. The van der Waals surface area contributed by atoms with Crippen LogP contribution in [-0.2, 0) is 11.4 Å². The first-order valence-corrected chi connectivity index (χ1v) is 10.6. The number of amides is 2. The van der Waals surface area contributed by atoms with Gasteiger partial charge in [0.15, 0.2) is 0 Å². The van der Waals surface area contributed by atoms with E-state index >= 15 is 0 Å². The van der Waals surface area contributed by atoms with Crippen molar-refractivity contribution in [1.29, 1.82) is 0 Å². The van der Waals surface area contributed by atoms with Crippen LogP contribution in [0.2, 0.25) is 5.02 Å². The van der Waals surface area contributed by atoms with Gasteiger partial charge in [0.25, 0.3) is 5.91 Å². The van der Waals surface area contributed by atoms with Crippen LogP contribution >= 0.6 is 11.6 Å². The van der Waals surface area contributed by atoms with Gasteiger partial charge in [-0.05, 0) is 71.8 Å². The summed E-state index contributed by atoms with van der Waals surface area (Å²) in [5, 5.41) is 7.33. The number of hydrazone groups is 1. The smallest absolute Gasteiger partial charge is 0.251 e. The molecule has 0 radical (unpaired) electrons. The van der Waals surface area contributed by atoms with Crippen molar-refractivity contribution in [3.8, 4) is 11.5 Å². The molecule has 3 aromatic carbocycles. The first-order valence-electron chi connectivity index (χ1n) is 10.2. The highest BCUT2D eigenvalue weighted by Crippen LogP contribution is 2.15. The molecule has 0 unspecified atom stereocenters. The standard InChI is InChI=1S/C25H24ClN3O4/c1-32-22-12-6-20(7-13-22)25(31)27-15-14-24(30)29-28-16-18-4-10-23(11-5-18)33-17-19-2-8-21(26)9-3-19/h2-13,16H,14-15,17H2,1H3,(H,27,31)(H,29,30). The monoisotopic (exact) mass is 465 g/mol. The summed E-state index contributed by atoms with van der Waals surface area (Å²) in [6, 6.07) is 21.5. The van der Waals surface area contributed by atoms with Crippen molar-refractivity contribution in [2.45, 2.75) is 13.0 Å².